The number of nitrogens with one attached hydrogen (secondary N) is 1. The molecule has 2 heterocycles. The first kappa shape index (κ1) is 19.0. The fourth-order valence-corrected chi connectivity index (χ4v) is 2.95. The van der Waals surface area contributed by atoms with Crippen LogP contribution in [-0.4, -0.2) is 42.8 Å². The topological polar surface area (TPSA) is 81.0 Å². The fraction of sp³-hybridized carbons (Fsp3) is 0.400. The van der Waals surface area contributed by atoms with Crippen LogP contribution in [0.25, 0.3) is 0 Å². The van der Waals surface area contributed by atoms with Gasteiger partial charge in [-0.3, -0.25) is 0 Å². The highest BCUT2D eigenvalue weighted by atomic mass is 16.5. The first-order valence-electron chi connectivity index (χ1n) is 9.13. The van der Waals surface area contributed by atoms with E-state index in [1.165, 1.54) is 0 Å². The van der Waals surface area contributed by atoms with E-state index in [4.69, 9.17) is 13.9 Å². The fourth-order valence-electron chi connectivity index (χ4n) is 2.95. The molecular weight excluding hydrogens is 348 g/mol. The molecule has 1 N–H and O–H groups in total. The van der Waals surface area contributed by atoms with Gasteiger partial charge in [-0.05, 0) is 56.2 Å². The third-order valence-electron chi connectivity index (χ3n) is 4.31. The molecule has 1 saturated heterocycles. The van der Waals surface area contributed by atoms with Crippen LogP contribution in [0.2, 0.25) is 0 Å². The van der Waals surface area contributed by atoms with Crippen molar-refractivity contribution in [2.45, 2.75) is 32.4 Å². The number of urea groups is 1. The van der Waals surface area contributed by atoms with Gasteiger partial charge in [-0.2, -0.15) is 0 Å². The number of esters is 1. The highest BCUT2D eigenvalue weighted by molar-refractivity contribution is 5.92. The number of nitrogens with zero attached hydrogens (tertiary/aromatic N) is 1. The summed E-state index contributed by atoms with van der Waals surface area (Å²) in [7, 11) is 0. The molecule has 1 aromatic heterocycles. The number of furan rings is 1. The summed E-state index contributed by atoms with van der Waals surface area (Å²) >= 11 is 0. The molecule has 1 unspecified atom stereocenters. The molecule has 7 nitrogen and oxygen atoms in total. The van der Waals surface area contributed by atoms with Gasteiger partial charge in [0, 0.05) is 18.8 Å². The van der Waals surface area contributed by atoms with Crippen molar-refractivity contribution in [3.05, 3.63) is 54.0 Å². The van der Waals surface area contributed by atoms with E-state index >= 15 is 0 Å². The second-order valence-electron chi connectivity index (χ2n) is 6.32. The summed E-state index contributed by atoms with van der Waals surface area (Å²) < 4.78 is 16.0. The van der Waals surface area contributed by atoms with E-state index in [2.05, 4.69) is 5.32 Å². The SMILES string of the molecule is CCOC(=O)c1ccc(NC(=O)N(Cc2ccco2)CC2CCCO2)cc1. The largest absolute Gasteiger partial charge is 0.467 e. The van der Waals surface area contributed by atoms with Crippen LogP contribution in [-0.2, 0) is 16.0 Å². The summed E-state index contributed by atoms with van der Waals surface area (Å²) in [5.74, 6) is 0.328. The molecule has 1 fully saturated rings. The van der Waals surface area contributed by atoms with E-state index in [-0.39, 0.29) is 18.1 Å². The van der Waals surface area contributed by atoms with Crippen molar-refractivity contribution in [1.29, 1.82) is 0 Å². The van der Waals surface area contributed by atoms with Crippen LogP contribution >= 0.6 is 0 Å². The highest BCUT2D eigenvalue weighted by Crippen LogP contribution is 2.17. The normalized spacial score (nSPS) is 16.1. The van der Waals surface area contributed by atoms with Crippen molar-refractivity contribution < 1.29 is 23.5 Å². The molecule has 2 aromatic rings. The van der Waals surface area contributed by atoms with E-state index in [0.717, 1.165) is 19.4 Å². The number of benzene rings is 1. The maximum Gasteiger partial charge on any atom is 0.338 e. The van der Waals surface area contributed by atoms with E-state index in [1.807, 2.05) is 6.07 Å². The smallest absolute Gasteiger partial charge is 0.338 e. The number of hydrogen-bond donors (Lipinski definition) is 1. The molecule has 0 radical (unpaired) electrons. The maximum absolute atomic E-state index is 12.8. The molecule has 7 heteroatoms. The Labute approximate surface area is 158 Å². The molecule has 0 saturated carbocycles. The Hall–Kier alpha value is -2.80. The quantitative estimate of drug-likeness (QED) is 0.750. The van der Waals surface area contributed by atoms with Crippen molar-refractivity contribution >= 4 is 17.7 Å². The molecule has 27 heavy (non-hydrogen) atoms. The Morgan fingerprint density at radius 1 is 1.26 bits per heavy atom. The Balaban J connectivity index is 1.64. The van der Waals surface area contributed by atoms with E-state index in [1.54, 1.807) is 48.4 Å². The molecule has 1 aliphatic rings. The minimum atomic E-state index is -0.381. The van der Waals surface area contributed by atoms with Gasteiger partial charge in [0.25, 0.3) is 0 Å². The van der Waals surface area contributed by atoms with Crippen LogP contribution in [0.3, 0.4) is 0 Å². The molecule has 1 aliphatic heterocycles. The van der Waals surface area contributed by atoms with Crippen LogP contribution in [0.5, 0.6) is 0 Å². The van der Waals surface area contributed by atoms with Crippen molar-refractivity contribution in [2.24, 2.45) is 0 Å². The van der Waals surface area contributed by atoms with Crippen LogP contribution in [0.4, 0.5) is 10.5 Å². The Bertz CT molecular complexity index is 736. The number of anilines is 1. The molecule has 144 valence electrons. The lowest BCUT2D eigenvalue weighted by atomic mass is 10.2. The average molecular weight is 372 g/mol. The number of ether oxygens (including phenoxy) is 2. The first-order valence-corrected chi connectivity index (χ1v) is 9.13. The number of amides is 2. The van der Waals surface area contributed by atoms with Crippen LogP contribution in [0.1, 0.15) is 35.9 Å². The molecular formula is C20H24N2O5. The van der Waals surface area contributed by atoms with Gasteiger partial charge in [0.15, 0.2) is 0 Å². The molecule has 0 aliphatic carbocycles. The first-order chi connectivity index (χ1) is 13.2. The minimum Gasteiger partial charge on any atom is -0.467 e. The van der Waals surface area contributed by atoms with Gasteiger partial charge in [0.1, 0.15) is 5.76 Å². The maximum atomic E-state index is 12.8. The Kier molecular flexibility index (Phi) is 6.49. The standard InChI is InChI=1S/C20H24N2O5/c1-2-25-19(23)15-7-9-16(10-8-15)21-20(24)22(13-17-5-3-11-26-17)14-18-6-4-12-27-18/h3,5,7-11,18H,2,4,6,12-14H2,1H3,(H,21,24). The van der Waals surface area contributed by atoms with E-state index < -0.39 is 0 Å². The summed E-state index contributed by atoms with van der Waals surface area (Å²) in [6, 6.07) is 10.0. The van der Waals surface area contributed by atoms with Gasteiger partial charge >= 0.3 is 12.0 Å². The molecule has 1 atom stereocenters. The van der Waals surface area contributed by atoms with E-state index in [9.17, 15) is 9.59 Å². The Morgan fingerprint density at radius 3 is 2.70 bits per heavy atom. The second kappa shape index (κ2) is 9.23. The van der Waals surface area contributed by atoms with Crippen molar-refractivity contribution in [3.8, 4) is 0 Å². The van der Waals surface area contributed by atoms with Gasteiger partial charge < -0.3 is 24.1 Å². The predicted molar refractivity (Wildman–Crippen MR) is 99.5 cm³/mol. The third-order valence-corrected chi connectivity index (χ3v) is 4.31. The van der Waals surface area contributed by atoms with Crippen molar-refractivity contribution in [2.75, 3.05) is 25.1 Å². The highest BCUT2D eigenvalue weighted by Gasteiger charge is 2.23. The van der Waals surface area contributed by atoms with Crippen molar-refractivity contribution in [1.82, 2.24) is 4.90 Å². The van der Waals surface area contributed by atoms with Gasteiger partial charge in [0.05, 0.1) is 31.1 Å². The summed E-state index contributed by atoms with van der Waals surface area (Å²) in [5, 5.41) is 2.86. The molecule has 3 rings (SSSR count). The van der Waals surface area contributed by atoms with Crippen LogP contribution in [0.15, 0.2) is 47.1 Å². The van der Waals surface area contributed by atoms with Crippen molar-refractivity contribution in [3.63, 3.8) is 0 Å². The number of hydrogen-bond acceptors (Lipinski definition) is 5. The lowest BCUT2D eigenvalue weighted by Crippen LogP contribution is -2.39. The van der Waals surface area contributed by atoms with Crippen LogP contribution < -0.4 is 5.32 Å². The second-order valence-corrected chi connectivity index (χ2v) is 6.32. The Morgan fingerprint density at radius 2 is 2.07 bits per heavy atom. The lowest BCUT2D eigenvalue weighted by Gasteiger charge is -2.25. The average Bonchev–Trinajstić information content (AvgIpc) is 3.36. The zero-order valence-corrected chi connectivity index (χ0v) is 15.3. The zero-order chi connectivity index (χ0) is 19.1. The van der Waals surface area contributed by atoms with Gasteiger partial charge in [-0.25, -0.2) is 9.59 Å². The van der Waals surface area contributed by atoms with Gasteiger partial charge in [0.2, 0.25) is 0 Å². The number of carbonyl (C=O) groups excluding carboxylic acids is 2. The predicted octanol–water partition coefficient (Wildman–Crippen LogP) is 3.67. The van der Waals surface area contributed by atoms with E-state index in [0.29, 0.717) is 36.7 Å². The summed E-state index contributed by atoms with van der Waals surface area (Å²) in [5.41, 5.74) is 1.05. The monoisotopic (exact) mass is 372 g/mol. The third kappa shape index (κ3) is 5.34. The number of carbonyl (C=O) groups is 2. The van der Waals surface area contributed by atoms with Crippen LogP contribution in [0, 0.1) is 0 Å². The zero-order valence-electron chi connectivity index (χ0n) is 15.3. The van der Waals surface area contributed by atoms with Gasteiger partial charge in [-0.15, -0.1) is 0 Å². The van der Waals surface area contributed by atoms with Gasteiger partial charge in [-0.1, -0.05) is 0 Å². The minimum absolute atomic E-state index is 0.0388. The molecule has 0 spiro atoms. The summed E-state index contributed by atoms with van der Waals surface area (Å²) in [4.78, 5) is 26.2. The molecule has 2 amide bonds. The molecule has 0 bridgehead atoms. The summed E-state index contributed by atoms with van der Waals surface area (Å²) in [6.45, 7) is 3.67. The summed E-state index contributed by atoms with van der Waals surface area (Å²) in [6.07, 6.45) is 3.58. The number of rotatable bonds is 7. The lowest BCUT2D eigenvalue weighted by molar-refractivity contribution is 0.0526. The molecule has 1 aromatic carbocycles.